The number of carboxylic acids is 1. The molecule has 3 aromatic carbocycles. The van der Waals surface area contributed by atoms with Crippen LogP contribution in [-0.2, 0) is 20.7 Å². The molecule has 1 amide bonds. The fraction of sp³-hybridized carbons (Fsp3) is 0.267. The lowest BCUT2D eigenvalue weighted by Crippen LogP contribution is -2.43. The molecule has 1 atom stereocenters. The molecule has 0 saturated heterocycles. The fourth-order valence-corrected chi connectivity index (χ4v) is 4.89. The molecule has 9 nitrogen and oxygen atoms in total. The van der Waals surface area contributed by atoms with Gasteiger partial charge < -0.3 is 19.9 Å². The van der Waals surface area contributed by atoms with Crippen LogP contribution in [0.15, 0.2) is 72.8 Å². The first-order valence-electron chi connectivity index (χ1n) is 12.7. The second-order valence-electron chi connectivity index (χ2n) is 10.4. The van der Waals surface area contributed by atoms with Crippen molar-refractivity contribution in [2.75, 3.05) is 6.61 Å². The lowest BCUT2D eigenvalue weighted by molar-refractivity contribution is -0.139. The summed E-state index contributed by atoms with van der Waals surface area (Å²) in [6.07, 6.45) is -1.81. The summed E-state index contributed by atoms with van der Waals surface area (Å²) in [5, 5.41) is 12.3. The molecule has 0 unspecified atom stereocenters. The standard InChI is InChI=1S/C30H29N3O6/c1-30(2,3)39-29(37)33-25-15-9-8-14-23(25)31-26(33)16-24(27(34)35)32-28(36)38-17-22-20-12-6-4-10-18(20)19-11-5-7-13-21(19)22/h4-15,22,24H,16-17H2,1-3H3,(H,32,36)(H,34,35)/t24-/m0/s1. The molecular formula is C30H29N3O6. The number of carboxylic acid groups (broad SMARTS) is 1. The van der Waals surface area contributed by atoms with E-state index in [4.69, 9.17) is 9.47 Å². The van der Waals surface area contributed by atoms with E-state index < -0.39 is 29.8 Å². The molecule has 0 fully saturated rings. The number of aliphatic carboxylic acids is 1. The van der Waals surface area contributed by atoms with Gasteiger partial charge in [0.25, 0.3) is 0 Å². The van der Waals surface area contributed by atoms with Gasteiger partial charge in [-0.1, -0.05) is 60.7 Å². The normalized spacial score (nSPS) is 13.4. The first-order valence-corrected chi connectivity index (χ1v) is 12.7. The van der Waals surface area contributed by atoms with Crippen LogP contribution in [0.2, 0.25) is 0 Å². The zero-order chi connectivity index (χ0) is 27.7. The van der Waals surface area contributed by atoms with Gasteiger partial charge in [0.1, 0.15) is 24.1 Å². The molecule has 0 spiro atoms. The van der Waals surface area contributed by atoms with E-state index in [9.17, 15) is 19.5 Å². The summed E-state index contributed by atoms with van der Waals surface area (Å²) in [5.74, 6) is -1.30. The van der Waals surface area contributed by atoms with Gasteiger partial charge in [-0.25, -0.2) is 23.9 Å². The Kier molecular flexibility index (Phi) is 6.82. The third-order valence-corrected chi connectivity index (χ3v) is 6.53. The fourth-order valence-electron chi connectivity index (χ4n) is 4.89. The number of carbonyl (C=O) groups is 3. The molecule has 1 aliphatic rings. The Morgan fingerprint density at radius 3 is 2.15 bits per heavy atom. The van der Waals surface area contributed by atoms with Crippen molar-refractivity contribution in [3.63, 3.8) is 0 Å². The highest BCUT2D eigenvalue weighted by molar-refractivity contribution is 5.88. The van der Waals surface area contributed by atoms with E-state index in [1.807, 2.05) is 48.5 Å². The van der Waals surface area contributed by atoms with Gasteiger partial charge in [-0.15, -0.1) is 0 Å². The van der Waals surface area contributed by atoms with E-state index in [0.717, 1.165) is 22.3 Å². The number of alkyl carbamates (subject to hydrolysis) is 1. The van der Waals surface area contributed by atoms with Gasteiger partial charge in [-0.3, -0.25) is 0 Å². The molecule has 9 heteroatoms. The number of nitrogens with one attached hydrogen (secondary N) is 1. The average Bonchev–Trinajstić information content (AvgIpc) is 3.41. The first kappa shape index (κ1) is 26.0. The molecule has 1 heterocycles. The second-order valence-corrected chi connectivity index (χ2v) is 10.4. The number of fused-ring (bicyclic) bond motifs is 4. The first-order chi connectivity index (χ1) is 18.6. The van der Waals surface area contributed by atoms with Crippen molar-refractivity contribution < 1.29 is 29.0 Å². The number of hydrogen-bond donors (Lipinski definition) is 2. The van der Waals surface area contributed by atoms with Gasteiger partial charge in [-0.05, 0) is 55.2 Å². The molecule has 5 rings (SSSR count). The predicted molar refractivity (Wildman–Crippen MR) is 145 cm³/mol. The maximum Gasteiger partial charge on any atom is 0.420 e. The number of amides is 1. The molecule has 200 valence electrons. The van der Waals surface area contributed by atoms with E-state index >= 15 is 0 Å². The van der Waals surface area contributed by atoms with Crippen molar-refractivity contribution in [3.8, 4) is 11.1 Å². The number of nitrogens with zero attached hydrogens (tertiary/aromatic N) is 2. The quantitative estimate of drug-likeness (QED) is 0.347. The van der Waals surface area contributed by atoms with Crippen molar-refractivity contribution >= 4 is 29.2 Å². The van der Waals surface area contributed by atoms with E-state index in [1.54, 1.807) is 45.0 Å². The lowest BCUT2D eigenvalue weighted by Gasteiger charge is -2.21. The van der Waals surface area contributed by atoms with E-state index in [1.165, 1.54) is 4.57 Å². The minimum absolute atomic E-state index is 0.0443. The Bertz CT molecular complexity index is 1520. The average molecular weight is 528 g/mol. The number of carbonyl (C=O) groups excluding carboxylic acids is 2. The summed E-state index contributed by atoms with van der Waals surface area (Å²) in [7, 11) is 0. The summed E-state index contributed by atoms with van der Waals surface area (Å²) < 4.78 is 12.3. The molecule has 0 radical (unpaired) electrons. The summed E-state index contributed by atoms with van der Waals surface area (Å²) in [6.45, 7) is 5.26. The second kappa shape index (κ2) is 10.2. The zero-order valence-electron chi connectivity index (χ0n) is 21.9. The highest BCUT2D eigenvalue weighted by atomic mass is 16.6. The smallest absolute Gasteiger partial charge is 0.420 e. The van der Waals surface area contributed by atoms with Crippen LogP contribution >= 0.6 is 0 Å². The molecule has 0 aliphatic heterocycles. The van der Waals surface area contributed by atoms with Crippen molar-refractivity contribution in [2.24, 2.45) is 0 Å². The summed E-state index contributed by atoms with van der Waals surface area (Å²) in [5.41, 5.74) is 4.49. The molecule has 1 aromatic heterocycles. The number of para-hydroxylation sites is 2. The molecule has 0 bridgehead atoms. The van der Waals surface area contributed by atoms with Gasteiger partial charge >= 0.3 is 18.2 Å². The number of hydrogen-bond acceptors (Lipinski definition) is 6. The third kappa shape index (κ3) is 5.34. The minimum atomic E-state index is -1.39. The lowest BCUT2D eigenvalue weighted by atomic mass is 9.98. The minimum Gasteiger partial charge on any atom is -0.480 e. The molecule has 4 aromatic rings. The SMILES string of the molecule is CC(C)(C)OC(=O)n1c(C[C@H](NC(=O)OCC2c3ccccc3-c3ccccc32)C(=O)O)nc2ccccc21. The van der Waals surface area contributed by atoms with Gasteiger partial charge in [0.05, 0.1) is 11.0 Å². The van der Waals surface area contributed by atoms with Crippen molar-refractivity contribution in [2.45, 2.75) is 44.8 Å². The maximum atomic E-state index is 13.0. The summed E-state index contributed by atoms with van der Waals surface area (Å²) in [6, 6.07) is 21.4. The molecule has 0 saturated carbocycles. The van der Waals surface area contributed by atoms with Gasteiger partial charge in [0.15, 0.2) is 0 Å². The highest BCUT2D eigenvalue weighted by Crippen LogP contribution is 2.44. The van der Waals surface area contributed by atoms with Gasteiger partial charge in [0.2, 0.25) is 0 Å². The Morgan fingerprint density at radius 1 is 0.949 bits per heavy atom. The van der Waals surface area contributed by atoms with E-state index in [-0.39, 0.29) is 24.8 Å². The number of imidazole rings is 1. The van der Waals surface area contributed by atoms with Gasteiger partial charge in [0, 0.05) is 12.3 Å². The van der Waals surface area contributed by atoms with Gasteiger partial charge in [-0.2, -0.15) is 0 Å². The van der Waals surface area contributed by atoms with Crippen molar-refractivity contribution in [3.05, 3.63) is 89.7 Å². The number of aromatic nitrogens is 2. The highest BCUT2D eigenvalue weighted by Gasteiger charge is 2.31. The Balaban J connectivity index is 1.33. The monoisotopic (exact) mass is 527 g/mol. The van der Waals surface area contributed by atoms with E-state index in [0.29, 0.717) is 11.0 Å². The molecule has 2 N–H and O–H groups in total. The van der Waals surface area contributed by atoms with Crippen LogP contribution in [0.4, 0.5) is 9.59 Å². The predicted octanol–water partition coefficient (Wildman–Crippen LogP) is 5.35. The van der Waals surface area contributed by atoms with Crippen LogP contribution in [0, 0.1) is 0 Å². The maximum absolute atomic E-state index is 13.0. The summed E-state index contributed by atoms with van der Waals surface area (Å²) in [4.78, 5) is 42.4. The molecular weight excluding hydrogens is 498 g/mol. The molecule has 1 aliphatic carbocycles. The van der Waals surface area contributed by atoms with Crippen molar-refractivity contribution in [1.29, 1.82) is 0 Å². The zero-order valence-corrected chi connectivity index (χ0v) is 21.9. The topological polar surface area (TPSA) is 120 Å². The van der Waals surface area contributed by atoms with Crippen LogP contribution in [0.3, 0.4) is 0 Å². The number of ether oxygens (including phenoxy) is 2. The van der Waals surface area contributed by atoms with Crippen LogP contribution in [0.25, 0.3) is 22.2 Å². The van der Waals surface area contributed by atoms with Crippen LogP contribution in [-0.4, -0.2) is 51.1 Å². The Morgan fingerprint density at radius 2 is 1.54 bits per heavy atom. The Hall–Kier alpha value is -4.66. The largest absolute Gasteiger partial charge is 0.480 e. The molecule has 39 heavy (non-hydrogen) atoms. The third-order valence-electron chi connectivity index (χ3n) is 6.53. The number of benzene rings is 3. The van der Waals surface area contributed by atoms with E-state index in [2.05, 4.69) is 10.3 Å². The summed E-state index contributed by atoms with van der Waals surface area (Å²) >= 11 is 0. The van der Waals surface area contributed by atoms with Crippen molar-refractivity contribution in [1.82, 2.24) is 14.9 Å². The van der Waals surface area contributed by atoms with Crippen LogP contribution < -0.4 is 5.32 Å². The van der Waals surface area contributed by atoms with Crippen LogP contribution in [0.5, 0.6) is 0 Å². The Labute approximate surface area is 225 Å². The van der Waals surface area contributed by atoms with Crippen LogP contribution in [0.1, 0.15) is 43.6 Å². The number of rotatable bonds is 6.